The van der Waals surface area contributed by atoms with Crippen LogP contribution >= 0.6 is 0 Å². The number of hydrogen-bond donors (Lipinski definition) is 1. The van der Waals surface area contributed by atoms with E-state index in [1.807, 2.05) is 37.3 Å². The van der Waals surface area contributed by atoms with Gasteiger partial charge in [0.15, 0.2) is 11.5 Å². The van der Waals surface area contributed by atoms with Crippen molar-refractivity contribution in [3.63, 3.8) is 0 Å². The number of aromatic nitrogens is 2. The summed E-state index contributed by atoms with van der Waals surface area (Å²) in [5.41, 5.74) is 1.72. The Bertz CT molecular complexity index is 1020. The Balaban J connectivity index is 1.74. The molecule has 0 saturated carbocycles. The van der Waals surface area contributed by atoms with E-state index in [-0.39, 0.29) is 17.4 Å². The van der Waals surface area contributed by atoms with Crippen LogP contribution in [0.15, 0.2) is 48.8 Å². The number of nitro groups is 1. The van der Waals surface area contributed by atoms with E-state index in [9.17, 15) is 10.1 Å². The van der Waals surface area contributed by atoms with Crippen molar-refractivity contribution >= 4 is 11.5 Å². The average Bonchev–Trinajstić information content (AvgIpc) is 2.75. The van der Waals surface area contributed by atoms with Crippen LogP contribution in [-0.2, 0) is 6.42 Å². The van der Waals surface area contributed by atoms with Gasteiger partial charge in [-0.25, -0.2) is 4.98 Å². The van der Waals surface area contributed by atoms with Gasteiger partial charge >= 0.3 is 11.6 Å². The van der Waals surface area contributed by atoms with E-state index in [0.717, 1.165) is 11.1 Å². The maximum Gasteiger partial charge on any atom is 0.373 e. The average molecular weight is 410 g/mol. The van der Waals surface area contributed by atoms with Crippen molar-refractivity contribution in [2.75, 3.05) is 26.1 Å². The molecule has 0 aliphatic rings. The molecule has 30 heavy (non-hydrogen) atoms. The number of methoxy groups -OCH3 is 2. The van der Waals surface area contributed by atoms with E-state index in [4.69, 9.17) is 14.2 Å². The molecule has 0 unspecified atom stereocenters. The Morgan fingerprint density at radius 3 is 2.43 bits per heavy atom. The van der Waals surface area contributed by atoms with E-state index >= 15 is 0 Å². The maximum absolute atomic E-state index is 11.6. The van der Waals surface area contributed by atoms with Crippen LogP contribution in [0.25, 0.3) is 0 Å². The number of hydrogen-bond acceptors (Lipinski definition) is 8. The third-order valence-electron chi connectivity index (χ3n) is 4.36. The summed E-state index contributed by atoms with van der Waals surface area (Å²) < 4.78 is 16.2. The first kappa shape index (κ1) is 20.8. The lowest BCUT2D eigenvalue weighted by atomic mass is 10.1. The van der Waals surface area contributed by atoms with Crippen LogP contribution in [0, 0.1) is 17.0 Å². The molecule has 156 valence electrons. The number of nitrogens with one attached hydrogen (secondary N) is 1. The smallest absolute Gasteiger partial charge is 0.373 e. The fourth-order valence-corrected chi connectivity index (χ4v) is 2.81. The van der Waals surface area contributed by atoms with Crippen molar-refractivity contribution < 1.29 is 19.1 Å². The van der Waals surface area contributed by atoms with Gasteiger partial charge in [0, 0.05) is 6.54 Å². The molecule has 1 heterocycles. The lowest BCUT2D eigenvalue weighted by Crippen LogP contribution is -2.10. The Morgan fingerprint density at radius 2 is 1.77 bits per heavy atom. The van der Waals surface area contributed by atoms with E-state index in [2.05, 4.69) is 15.3 Å². The van der Waals surface area contributed by atoms with Gasteiger partial charge in [-0.1, -0.05) is 23.8 Å². The molecule has 0 radical (unpaired) electrons. The Hall–Kier alpha value is -3.88. The van der Waals surface area contributed by atoms with Crippen LogP contribution in [-0.4, -0.2) is 35.7 Å². The summed E-state index contributed by atoms with van der Waals surface area (Å²) in [4.78, 5) is 19.1. The van der Waals surface area contributed by atoms with E-state index < -0.39 is 4.92 Å². The minimum Gasteiger partial charge on any atom is -0.493 e. The standard InChI is InChI=1S/C21H22N4O5/c1-14-4-7-16(8-5-14)30-21-19(25(26)27)20(23-13-24-21)22-11-10-15-6-9-17(28-2)18(12-15)29-3/h4-9,12-13H,10-11H2,1-3H3,(H,22,23,24). The topological polar surface area (TPSA) is 109 Å². The molecule has 1 aromatic heterocycles. The Labute approximate surface area is 173 Å². The molecule has 3 rings (SSSR count). The van der Waals surface area contributed by atoms with Gasteiger partial charge in [-0.3, -0.25) is 10.1 Å². The third-order valence-corrected chi connectivity index (χ3v) is 4.36. The predicted molar refractivity (Wildman–Crippen MR) is 112 cm³/mol. The normalized spacial score (nSPS) is 10.4. The van der Waals surface area contributed by atoms with Gasteiger partial charge in [-0.05, 0) is 43.2 Å². The highest BCUT2D eigenvalue weighted by atomic mass is 16.6. The molecule has 0 aliphatic carbocycles. The van der Waals surface area contributed by atoms with Crippen molar-refractivity contribution in [1.29, 1.82) is 0 Å². The van der Waals surface area contributed by atoms with Gasteiger partial charge in [0.25, 0.3) is 0 Å². The highest BCUT2D eigenvalue weighted by Crippen LogP contribution is 2.34. The first-order valence-corrected chi connectivity index (χ1v) is 9.20. The van der Waals surface area contributed by atoms with Crippen LogP contribution in [0.4, 0.5) is 11.5 Å². The zero-order valence-electron chi connectivity index (χ0n) is 16.9. The summed E-state index contributed by atoms with van der Waals surface area (Å²) in [6.45, 7) is 2.36. The van der Waals surface area contributed by atoms with Crippen LogP contribution in [0.3, 0.4) is 0 Å². The first-order chi connectivity index (χ1) is 14.5. The van der Waals surface area contributed by atoms with E-state index in [1.54, 1.807) is 26.4 Å². The van der Waals surface area contributed by atoms with Crippen LogP contribution in [0.5, 0.6) is 23.1 Å². The molecule has 0 spiro atoms. The molecule has 1 N–H and O–H groups in total. The molecule has 0 amide bonds. The van der Waals surface area contributed by atoms with Crippen molar-refractivity contribution in [2.45, 2.75) is 13.3 Å². The number of ether oxygens (including phenoxy) is 3. The van der Waals surface area contributed by atoms with Crippen LogP contribution < -0.4 is 19.5 Å². The predicted octanol–water partition coefficient (Wildman–Crippen LogP) is 4.16. The summed E-state index contributed by atoms with van der Waals surface area (Å²) in [7, 11) is 3.14. The van der Waals surface area contributed by atoms with Gasteiger partial charge in [-0.2, -0.15) is 4.98 Å². The highest BCUT2D eigenvalue weighted by molar-refractivity contribution is 5.61. The zero-order chi connectivity index (χ0) is 21.5. The van der Waals surface area contributed by atoms with Gasteiger partial charge in [0.1, 0.15) is 12.1 Å². The summed E-state index contributed by atoms with van der Waals surface area (Å²) in [6.07, 6.45) is 1.82. The van der Waals surface area contributed by atoms with Crippen molar-refractivity contribution in [3.05, 3.63) is 70.0 Å². The van der Waals surface area contributed by atoms with Crippen molar-refractivity contribution in [3.8, 4) is 23.1 Å². The van der Waals surface area contributed by atoms with Crippen LogP contribution in [0.2, 0.25) is 0 Å². The molecule has 9 nitrogen and oxygen atoms in total. The maximum atomic E-state index is 11.6. The molecule has 9 heteroatoms. The number of nitrogens with zero attached hydrogens (tertiary/aromatic N) is 3. The first-order valence-electron chi connectivity index (χ1n) is 9.20. The quantitative estimate of drug-likeness (QED) is 0.414. The molecule has 2 aromatic carbocycles. The fraction of sp³-hybridized carbons (Fsp3) is 0.238. The molecule has 0 fully saturated rings. The van der Waals surface area contributed by atoms with Gasteiger partial charge < -0.3 is 19.5 Å². The summed E-state index contributed by atoms with van der Waals surface area (Å²) in [5, 5.41) is 14.6. The van der Waals surface area contributed by atoms with E-state index in [0.29, 0.717) is 30.2 Å². The minimum atomic E-state index is -0.553. The summed E-state index contributed by atoms with van der Waals surface area (Å²) in [5.74, 6) is 1.69. The second-order valence-corrected chi connectivity index (χ2v) is 6.41. The molecular formula is C21H22N4O5. The Morgan fingerprint density at radius 1 is 1.03 bits per heavy atom. The Kier molecular flexibility index (Phi) is 6.63. The SMILES string of the molecule is COc1ccc(CCNc2ncnc(Oc3ccc(C)cc3)c2[N+](=O)[O-])cc1OC. The summed E-state index contributed by atoms with van der Waals surface area (Å²) in [6, 6.07) is 12.7. The third kappa shape index (κ3) is 4.93. The van der Waals surface area contributed by atoms with Gasteiger partial charge in [-0.15, -0.1) is 0 Å². The number of anilines is 1. The largest absolute Gasteiger partial charge is 0.493 e. The van der Waals surface area contributed by atoms with E-state index in [1.165, 1.54) is 6.33 Å². The zero-order valence-corrected chi connectivity index (χ0v) is 16.9. The number of aryl methyl sites for hydroxylation is 1. The number of benzene rings is 2. The molecule has 3 aromatic rings. The lowest BCUT2D eigenvalue weighted by Gasteiger charge is -2.11. The molecule has 0 aliphatic heterocycles. The lowest BCUT2D eigenvalue weighted by molar-refractivity contribution is -0.385. The van der Waals surface area contributed by atoms with Gasteiger partial charge in [0.05, 0.1) is 19.1 Å². The number of rotatable bonds is 9. The van der Waals surface area contributed by atoms with Crippen LogP contribution in [0.1, 0.15) is 11.1 Å². The van der Waals surface area contributed by atoms with Gasteiger partial charge in [0.2, 0.25) is 5.82 Å². The second-order valence-electron chi connectivity index (χ2n) is 6.41. The molecule has 0 atom stereocenters. The monoisotopic (exact) mass is 410 g/mol. The minimum absolute atomic E-state index is 0.0950. The fourth-order valence-electron chi connectivity index (χ4n) is 2.81. The summed E-state index contributed by atoms with van der Waals surface area (Å²) >= 11 is 0. The molecule has 0 bridgehead atoms. The van der Waals surface area contributed by atoms with Crippen molar-refractivity contribution in [1.82, 2.24) is 9.97 Å². The highest BCUT2D eigenvalue weighted by Gasteiger charge is 2.25. The molecular weight excluding hydrogens is 388 g/mol. The second kappa shape index (κ2) is 9.55. The van der Waals surface area contributed by atoms with Crippen molar-refractivity contribution in [2.24, 2.45) is 0 Å². The molecule has 0 saturated heterocycles.